The Labute approximate surface area is 199 Å². The molecule has 0 N–H and O–H groups in total. The second-order valence-electron chi connectivity index (χ2n) is 7.86. The Morgan fingerprint density at radius 2 is 1.71 bits per heavy atom. The number of hydroxylamine groups is 1. The Kier molecular flexibility index (Phi) is 5.43. The standard InChI is InChI=1S/C24H18ClN3O6/c1-33-19-7-2-4-14(12-19)21-20-22(34-27(21)17-5-3-6-18(13-17)28(31)32)24(30)26(23(20)29)16-10-8-15(25)9-11-16/h2-13,20-22H,1H3. The van der Waals surface area contributed by atoms with Crippen LogP contribution >= 0.6 is 11.6 Å². The molecule has 2 amide bonds. The zero-order valence-electron chi connectivity index (χ0n) is 17.8. The molecule has 0 aromatic heterocycles. The monoisotopic (exact) mass is 479 g/mol. The van der Waals surface area contributed by atoms with Crippen molar-refractivity contribution in [1.82, 2.24) is 0 Å². The summed E-state index contributed by atoms with van der Waals surface area (Å²) in [5.74, 6) is -1.27. The average molecular weight is 480 g/mol. The van der Waals surface area contributed by atoms with Gasteiger partial charge in [0, 0.05) is 17.2 Å². The van der Waals surface area contributed by atoms with Crippen molar-refractivity contribution in [1.29, 1.82) is 0 Å². The number of amides is 2. The zero-order chi connectivity index (χ0) is 24.0. The first-order chi connectivity index (χ1) is 16.4. The number of carbonyl (C=O) groups excluding carboxylic acids is 2. The maximum atomic E-state index is 13.6. The number of carbonyl (C=O) groups is 2. The van der Waals surface area contributed by atoms with Crippen molar-refractivity contribution < 1.29 is 24.1 Å². The van der Waals surface area contributed by atoms with E-state index in [0.29, 0.717) is 27.7 Å². The maximum absolute atomic E-state index is 13.6. The first-order valence-corrected chi connectivity index (χ1v) is 10.7. The fraction of sp³-hybridized carbons (Fsp3) is 0.167. The van der Waals surface area contributed by atoms with E-state index in [1.807, 2.05) is 0 Å². The highest BCUT2D eigenvalue weighted by Gasteiger charge is 2.60. The van der Waals surface area contributed by atoms with Crippen LogP contribution in [0.2, 0.25) is 5.02 Å². The number of nitro groups is 1. The SMILES string of the molecule is COc1cccc(C2C3C(=O)N(c4ccc(Cl)cc4)C(=O)C3ON2c2cccc([N+](=O)[O-])c2)c1. The summed E-state index contributed by atoms with van der Waals surface area (Å²) >= 11 is 5.96. The van der Waals surface area contributed by atoms with Gasteiger partial charge < -0.3 is 4.74 Å². The van der Waals surface area contributed by atoms with Crippen molar-refractivity contribution in [2.45, 2.75) is 12.1 Å². The van der Waals surface area contributed by atoms with Crippen LogP contribution in [0.15, 0.2) is 72.8 Å². The third-order valence-corrected chi connectivity index (χ3v) is 6.18. The second kappa shape index (κ2) is 8.44. The molecule has 2 aliphatic heterocycles. The number of non-ortho nitro benzene ring substituents is 1. The normalized spacial score (nSPS) is 21.6. The van der Waals surface area contributed by atoms with Crippen LogP contribution in [-0.2, 0) is 14.4 Å². The number of ether oxygens (including phenoxy) is 1. The minimum Gasteiger partial charge on any atom is -0.497 e. The van der Waals surface area contributed by atoms with E-state index in [1.54, 1.807) is 54.6 Å². The first-order valence-electron chi connectivity index (χ1n) is 10.4. The van der Waals surface area contributed by atoms with Gasteiger partial charge in [0.05, 0.1) is 29.4 Å². The van der Waals surface area contributed by atoms with Crippen molar-refractivity contribution in [3.8, 4) is 5.75 Å². The number of hydrogen-bond acceptors (Lipinski definition) is 7. The molecule has 3 atom stereocenters. The van der Waals surface area contributed by atoms with Gasteiger partial charge in [0.15, 0.2) is 6.10 Å². The number of benzene rings is 3. The first kappa shape index (κ1) is 21.9. The molecule has 172 valence electrons. The van der Waals surface area contributed by atoms with Crippen molar-refractivity contribution in [3.05, 3.63) is 93.5 Å². The van der Waals surface area contributed by atoms with E-state index in [1.165, 1.54) is 30.4 Å². The van der Waals surface area contributed by atoms with Gasteiger partial charge >= 0.3 is 0 Å². The van der Waals surface area contributed by atoms with E-state index in [0.717, 1.165) is 4.90 Å². The molecule has 10 heteroatoms. The topological polar surface area (TPSA) is 102 Å². The average Bonchev–Trinajstić information content (AvgIpc) is 3.36. The summed E-state index contributed by atoms with van der Waals surface area (Å²) in [6.07, 6.45) is -1.10. The molecule has 2 saturated heterocycles. The van der Waals surface area contributed by atoms with Crippen molar-refractivity contribution in [2.24, 2.45) is 5.92 Å². The summed E-state index contributed by atoms with van der Waals surface area (Å²) in [6.45, 7) is 0. The molecule has 0 aliphatic carbocycles. The Hall–Kier alpha value is -3.95. The molecule has 2 aliphatic rings. The summed E-state index contributed by atoms with van der Waals surface area (Å²) in [6, 6.07) is 18.6. The van der Waals surface area contributed by atoms with Crippen LogP contribution in [0.3, 0.4) is 0 Å². The lowest BCUT2D eigenvalue weighted by atomic mass is 9.90. The van der Waals surface area contributed by atoms with Crippen molar-refractivity contribution in [3.63, 3.8) is 0 Å². The van der Waals surface area contributed by atoms with Gasteiger partial charge in [0.2, 0.25) is 5.91 Å². The van der Waals surface area contributed by atoms with Crippen LogP contribution < -0.4 is 14.7 Å². The predicted molar refractivity (Wildman–Crippen MR) is 124 cm³/mol. The molecule has 3 aromatic rings. The third-order valence-electron chi connectivity index (χ3n) is 5.93. The maximum Gasteiger partial charge on any atom is 0.271 e. The number of rotatable bonds is 5. The van der Waals surface area contributed by atoms with Crippen LogP contribution in [-0.4, -0.2) is 30.0 Å². The van der Waals surface area contributed by atoms with Crippen LogP contribution in [0.5, 0.6) is 5.75 Å². The van der Waals surface area contributed by atoms with Crippen LogP contribution in [0.25, 0.3) is 0 Å². The highest BCUT2D eigenvalue weighted by Crippen LogP contribution is 2.48. The van der Waals surface area contributed by atoms with Gasteiger partial charge in [-0.2, -0.15) is 0 Å². The predicted octanol–water partition coefficient (Wildman–Crippen LogP) is 4.31. The van der Waals surface area contributed by atoms with Gasteiger partial charge in [-0.25, -0.2) is 9.96 Å². The third kappa shape index (κ3) is 3.55. The largest absolute Gasteiger partial charge is 0.497 e. The number of nitrogens with zero attached hydrogens (tertiary/aromatic N) is 3. The molecule has 34 heavy (non-hydrogen) atoms. The molecule has 2 heterocycles. The van der Waals surface area contributed by atoms with E-state index < -0.39 is 34.8 Å². The Morgan fingerprint density at radius 1 is 0.971 bits per heavy atom. The van der Waals surface area contributed by atoms with E-state index >= 15 is 0 Å². The van der Waals surface area contributed by atoms with Crippen molar-refractivity contribution >= 4 is 40.5 Å². The van der Waals surface area contributed by atoms with E-state index in [4.69, 9.17) is 21.2 Å². The number of hydrogen-bond donors (Lipinski definition) is 0. The molecule has 3 unspecified atom stereocenters. The number of halogens is 1. The molecule has 5 rings (SSSR count). The molecule has 9 nitrogen and oxygen atoms in total. The second-order valence-corrected chi connectivity index (χ2v) is 8.30. The molecule has 0 spiro atoms. The summed E-state index contributed by atoms with van der Waals surface area (Å²) in [7, 11) is 1.53. The van der Waals surface area contributed by atoms with E-state index in [2.05, 4.69) is 0 Å². The number of imide groups is 1. The fourth-order valence-corrected chi connectivity index (χ4v) is 4.52. The molecule has 0 saturated carbocycles. The Balaban J connectivity index is 1.60. The molecular weight excluding hydrogens is 462 g/mol. The number of anilines is 2. The van der Waals surface area contributed by atoms with E-state index in [-0.39, 0.29) is 5.69 Å². The van der Waals surface area contributed by atoms with Gasteiger partial charge in [0.1, 0.15) is 11.7 Å². The van der Waals surface area contributed by atoms with Crippen LogP contribution in [0.1, 0.15) is 11.6 Å². The van der Waals surface area contributed by atoms with Crippen molar-refractivity contribution in [2.75, 3.05) is 17.1 Å². The summed E-state index contributed by atoms with van der Waals surface area (Å²) in [5.41, 5.74) is 1.28. The number of nitro benzene ring substituents is 1. The highest BCUT2D eigenvalue weighted by atomic mass is 35.5. The molecule has 0 bridgehead atoms. The zero-order valence-corrected chi connectivity index (χ0v) is 18.6. The molecular formula is C24H18ClN3O6. The summed E-state index contributed by atoms with van der Waals surface area (Å²) in [5, 5.41) is 13.2. The Morgan fingerprint density at radius 3 is 2.41 bits per heavy atom. The van der Waals surface area contributed by atoms with Gasteiger partial charge in [-0.15, -0.1) is 0 Å². The van der Waals surface area contributed by atoms with Crippen LogP contribution in [0.4, 0.5) is 17.1 Å². The minimum absolute atomic E-state index is 0.136. The summed E-state index contributed by atoms with van der Waals surface area (Å²) < 4.78 is 5.34. The highest BCUT2D eigenvalue weighted by molar-refractivity contribution is 6.31. The summed E-state index contributed by atoms with van der Waals surface area (Å²) in [4.78, 5) is 44.9. The smallest absolute Gasteiger partial charge is 0.271 e. The van der Waals surface area contributed by atoms with Crippen LogP contribution in [0, 0.1) is 16.0 Å². The lowest BCUT2D eigenvalue weighted by Gasteiger charge is -2.28. The van der Waals surface area contributed by atoms with Gasteiger partial charge in [-0.3, -0.25) is 24.5 Å². The number of fused-ring (bicyclic) bond motifs is 1. The van der Waals surface area contributed by atoms with E-state index in [9.17, 15) is 19.7 Å². The fourth-order valence-electron chi connectivity index (χ4n) is 4.39. The van der Waals surface area contributed by atoms with Gasteiger partial charge in [-0.05, 0) is 48.0 Å². The molecule has 2 fully saturated rings. The minimum atomic E-state index is -1.10. The lowest BCUT2D eigenvalue weighted by Crippen LogP contribution is -2.37. The molecule has 3 aromatic carbocycles. The Bertz CT molecular complexity index is 1300. The quantitative estimate of drug-likeness (QED) is 0.305. The van der Waals surface area contributed by atoms with Gasteiger partial charge in [-0.1, -0.05) is 29.8 Å². The number of methoxy groups -OCH3 is 1. The lowest BCUT2D eigenvalue weighted by molar-refractivity contribution is -0.384. The van der Waals surface area contributed by atoms with Gasteiger partial charge in [0.25, 0.3) is 11.6 Å². The molecule has 0 radical (unpaired) electrons.